The van der Waals surface area contributed by atoms with Crippen molar-refractivity contribution in [2.45, 2.75) is 10.1 Å². The lowest BCUT2D eigenvalue weighted by atomic mass is 10.3. The van der Waals surface area contributed by atoms with Gasteiger partial charge in [-0.15, -0.1) is 0 Å². The van der Waals surface area contributed by atoms with Crippen LogP contribution < -0.4 is 14.2 Å². The van der Waals surface area contributed by atoms with E-state index in [1.165, 1.54) is 11.8 Å². The Kier molecular flexibility index (Phi) is 4.11. The molecule has 6 heteroatoms. The zero-order valence-electron chi connectivity index (χ0n) is 12.5. The number of ether oxygens (including phenoxy) is 3. The van der Waals surface area contributed by atoms with Crippen LogP contribution in [0.2, 0.25) is 0 Å². The maximum absolute atomic E-state index is 5.71. The van der Waals surface area contributed by atoms with Crippen LogP contribution >= 0.6 is 11.8 Å². The van der Waals surface area contributed by atoms with Crippen molar-refractivity contribution in [3.8, 4) is 17.2 Å². The summed E-state index contributed by atoms with van der Waals surface area (Å²) in [5.74, 6) is 1.76. The molecule has 0 unspecified atom stereocenters. The van der Waals surface area contributed by atoms with Gasteiger partial charge in [-0.1, -0.05) is 12.1 Å². The lowest BCUT2D eigenvalue weighted by molar-refractivity contribution is 0.323. The SMILES string of the molecule is COc1cc(Sc2nc3ccccc3o2)cc(OC)c1OC. The molecule has 0 amide bonds. The van der Waals surface area contributed by atoms with Crippen LogP contribution in [0.4, 0.5) is 0 Å². The number of benzene rings is 2. The molecule has 3 aromatic rings. The van der Waals surface area contributed by atoms with Gasteiger partial charge in [0.2, 0.25) is 5.75 Å². The Hall–Kier alpha value is -2.34. The first kappa shape index (κ1) is 14.6. The Morgan fingerprint density at radius 1 is 0.955 bits per heavy atom. The van der Waals surface area contributed by atoms with Crippen molar-refractivity contribution in [1.29, 1.82) is 0 Å². The van der Waals surface area contributed by atoms with Gasteiger partial charge in [0.15, 0.2) is 17.1 Å². The molecule has 22 heavy (non-hydrogen) atoms. The number of hydrogen-bond donors (Lipinski definition) is 0. The lowest BCUT2D eigenvalue weighted by Gasteiger charge is -2.13. The number of rotatable bonds is 5. The summed E-state index contributed by atoms with van der Waals surface area (Å²) < 4.78 is 21.7. The van der Waals surface area contributed by atoms with Crippen molar-refractivity contribution in [3.05, 3.63) is 36.4 Å². The van der Waals surface area contributed by atoms with E-state index in [4.69, 9.17) is 18.6 Å². The number of methoxy groups -OCH3 is 3. The van der Waals surface area contributed by atoms with Gasteiger partial charge in [-0.2, -0.15) is 0 Å². The van der Waals surface area contributed by atoms with Crippen LogP contribution in [0.3, 0.4) is 0 Å². The molecule has 1 heterocycles. The summed E-state index contributed by atoms with van der Waals surface area (Å²) in [6.07, 6.45) is 0. The van der Waals surface area contributed by atoms with E-state index in [1.54, 1.807) is 21.3 Å². The minimum atomic E-state index is 0.562. The van der Waals surface area contributed by atoms with Crippen molar-refractivity contribution in [2.24, 2.45) is 0 Å². The molecule has 0 radical (unpaired) electrons. The Morgan fingerprint density at radius 2 is 1.64 bits per heavy atom. The van der Waals surface area contributed by atoms with Crippen LogP contribution in [-0.2, 0) is 0 Å². The van der Waals surface area contributed by atoms with E-state index in [0.717, 1.165) is 16.0 Å². The monoisotopic (exact) mass is 317 g/mol. The Balaban J connectivity index is 1.97. The molecule has 0 aliphatic rings. The highest BCUT2D eigenvalue weighted by atomic mass is 32.2. The van der Waals surface area contributed by atoms with E-state index in [9.17, 15) is 0 Å². The number of nitrogens with zero attached hydrogens (tertiary/aromatic N) is 1. The van der Waals surface area contributed by atoms with E-state index in [1.807, 2.05) is 36.4 Å². The van der Waals surface area contributed by atoms with Gasteiger partial charge in [-0.05, 0) is 36.0 Å². The van der Waals surface area contributed by atoms with Crippen LogP contribution in [-0.4, -0.2) is 26.3 Å². The highest BCUT2D eigenvalue weighted by molar-refractivity contribution is 7.99. The van der Waals surface area contributed by atoms with E-state index in [0.29, 0.717) is 22.5 Å². The predicted octanol–water partition coefficient (Wildman–Crippen LogP) is 4.00. The van der Waals surface area contributed by atoms with Crippen molar-refractivity contribution in [1.82, 2.24) is 4.98 Å². The summed E-state index contributed by atoms with van der Waals surface area (Å²) in [7, 11) is 4.75. The van der Waals surface area contributed by atoms with E-state index in [2.05, 4.69) is 4.98 Å². The second kappa shape index (κ2) is 6.19. The number of oxazole rings is 1. The Bertz CT molecular complexity index is 742. The number of hydrogen-bond acceptors (Lipinski definition) is 6. The third-order valence-electron chi connectivity index (χ3n) is 3.12. The van der Waals surface area contributed by atoms with E-state index >= 15 is 0 Å². The van der Waals surface area contributed by atoms with Crippen LogP contribution in [0.15, 0.2) is 50.9 Å². The van der Waals surface area contributed by atoms with Gasteiger partial charge in [-0.3, -0.25) is 0 Å². The first-order valence-corrected chi connectivity index (χ1v) is 7.40. The molecule has 2 aromatic carbocycles. The van der Waals surface area contributed by atoms with Gasteiger partial charge in [0.05, 0.1) is 21.3 Å². The molecule has 0 atom stereocenters. The smallest absolute Gasteiger partial charge is 0.261 e. The van der Waals surface area contributed by atoms with Crippen LogP contribution in [0.1, 0.15) is 0 Å². The molecule has 0 saturated carbocycles. The van der Waals surface area contributed by atoms with Gasteiger partial charge in [0, 0.05) is 4.90 Å². The van der Waals surface area contributed by atoms with Crippen molar-refractivity contribution >= 4 is 22.9 Å². The van der Waals surface area contributed by atoms with Gasteiger partial charge in [0.1, 0.15) is 5.52 Å². The minimum Gasteiger partial charge on any atom is -0.493 e. The zero-order valence-corrected chi connectivity index (χ0v) is 13.3. The van der Waals surface area contributed by atoms with Crippen LogP contribution in [0.25, 0.3) is 11.1 Å². The average molecular weight is 317 g/mol. The predicted molar refractivity (Wildman–Crippen MR) is 84.2 cm³/mol. The molecule has 0 fully saturated rings. The zero-order chi connectivity index (χ0) is 15.5. The Labute approximate surface area is 132 Å². The largest absolute Gasteiger partial charge is 0.493 e. The lowest BCUT2D eigenvalue weighted by Crippen LogP contribution is -1.95. The van der Waals surface area contributed by atoms with Gasteiger partial charge in [0.25, 0.3) is 5.22 Å². The molecule has 0 bridgehead atoms. The fourth-order valence-corrected chi connectivity index (χ4v) is 2.92. The van der Waals surface area contributed by atoms with E-state index in [-0.39, 0.29) is 0 Å². The van der Waals surface area contributed by atoms with E-state index < -0.39 is 0 Å². The second-order valence-corrected chi connectivity index (χ2v) is 5.44. The third kappa shape index (κ3) is 2.69. The molecule has 3 rings (SSSR count). The Morgan fingerprint density at radius 3 is 2.23 bits per heavy atom. The molecule has 0 N–H and O–H groups in total. The van der Waals surface area contributed by atoms with Crippen LogP contribution in [0.5, 0.6) is 17.2 Å². The van der Waals surface area contributed by atoms with Crippen molar-refractivity contribution in [2.75, 3.05) is 21.3 Å². The van der Waals surface area contributed by atoms with Crippen molar-refractivity contribution < 1.29 is 18.6 Å². The second-order valence-electron chi connectivity index (χ2n) is 4.41. The molecule has 0 aliphatic carbocycles. The summed E-state index contributed by atoms with van der Waals surface area (Å²) >= 11 is 1.40. The summed E-state index contributed by atoms with van der Waals surface area (Å²) in [6, 6.07) is 11.4. The molecule has 5 nitrogen and oxygen atoms in total. The first-order valence-electron chi connectivity index (χ1n) is 6.58. The van der Waals surface area contributed by atoms with Gasteiger partial charge in [-0.25, -0.2) is 4.98 Å². The molecular weight excluding hydrogens is 302 g/mol. The summed E-state index contributed by atoms with van der Waals surface area (Å²) in [5, 5.41) is 0.565. The normalized spacial score (nSPS) is 10.7. The summed E-state index contributed by atoms with van der Waals surface area (Å²) in [4.78, 5) is 5.33. The van der Waals surface area contributed by atoms with Gasteiger partial charge < -0.3 is 18.6 Å². The summed E-state index contributed by atoms with van der Waals surface area (Å²) in [5.41, 5.74) is 1.59. The maximum Gasteiger partial charge on any atom is 0.261 e. The molecule has 0 saturated heterocycles. The number of para-hydroxylation sites is 2. The minimum absolute atomic E-state index is 0.562. The molecule has 1 aromatic heterocycles. The van der Waals surface area contributed by atoms with Crippen molar-refractivity contribution in [3.63, 3.8) is 0 Å². The molecule has 114 valence electrons. The molecular formula is C16H15NO4S. The quantitative estimate of drug-likeness (QED) is 0.709. The van der Waals surface area contributed by atoms with Gasteiger partial charge >= 0.3 is 0 Å². The fraction of sp³-hybridized carbons (Fsp3) is 0.188. The fourth-order valence-electron chi connectivity index (χ4n) is 2.11. The summed E-state index contributed by atoms with van der Waals surface area (Å²) in [6.45, 7) is 0. The topological polar surface area (TPSA) is 53.7 Å². The molecule has 0 aliphatic heterocycles. The third-order valence-corrected chi connectivity index (χ3v) is 3.94. The number of aromatic nitrogens is 1. The van der Waals surface area contributed by atoms with Crippen LogP contribution in [0, 0.1) is 0 Å². The average Bonchev–Trinajstić information content (AvgIpc) is 2.95. The highest BCUT2D eigenvalue weighted by Gasteiger charge is 2.15. The molecule has 0 spiro atoms. The maximum atomic E-state index is 5.71. The first-order chi connectivity index (χ1) is 10.7. The highest BCUT2D eigenvalue weighted by Crippen LogP contribution is 2.42. The number of fused-ring (bicyclic) bond motifs is 1. The standard InChI is InChI=1S/C16H15NO4S/c1-18-13-8-10(9-14(19-2)15(13)20-3)22-16-17-11-6-4-5-7-12(11)21-16/h4-9H,1-3H3.